The zero-order valence-corrected chi connectivity index (χ0v) is 12.3. The van der Waals surface area contributed by atoms with Gasteiger partial charge in [-0.25, -0.2) is 4.39 Å². The molecular formula is C14H19BrFNO. The molecule has 0 radical (unpaired) electrons. The fourth-order valence-electron chi connectivity index (χ4n) is 2.63. The van der Waals surface area contributed by atoms with Crippen LogP contribution in [0.25, 0.3) is 0 Å². The third kappa shape index (κ3) is 2.92. The summed E-state index contributed by atoms with van der Waals surface area (Å²) in [6.07, 6.45) is 1.30. The average Bonchev–Trinajstić information content (AvgIpc) is 2.76. The standard InChI is InChI=1S/C14H19BrFNO/c1-3-17-14(11-6-7-18-9(11)2)10-4-5-13(16)12(15)8-10/h4-5,8-9,11,14,17H,3,6-7H2,1-2H3. The fourth-order valence-corrected chi connectivity index (χ4v) is 3.02. The third-order valence-corrected chi connectivity index (χ3v) is 4.20. The van der Waals surface area contributed by atoms with E-state index in [9.17, 15) is 4.39 Å². The molecular weight excluding hydrogens is 297 g/mol. The van der Waals surface area contributed by atoms with E-state index in [-0.39, 0.29) is 18.0 Å². The van der Waals surface area contributed by atoms with Crippen molar-refractivity contribution in [3.8, 4) is 0 Å². The molecule has 1 N–H and O–H groups in total. The molecule has 0 spiro atoms. The summed E-state index contributed by atoms with van der Waals surface area (Å²) >= 11 is 3.26. The van der Waals surface area contributed by atoms with Crippen molar-refractivity contribution in [1.82, 2.24) is 5.32 Å². The zero-order valence-electron chi connectivity index (χ0n) is 10.7. The van der Waals surface area contributed by atoms with Crippen molar-refractivity contribution in [3.63, 3.8) is 0 Å². The number of rotatable bonds is 4. The first-order valence-corrected chi connectivity index (χ1v) is 7.22. The maximum absolute atomic E-state index is 13.3. The van der Waals surface area contributed by atoms with E-state index in [1.54, 1.807) is 0 Å². The van der Waals surface area contributed by atoms with Gasteiger partial charge in [0.15, 0.2) is 0 Å². The zero-order chi connectivity index (χ0) is 13.1. The molecule has 1 aliphatic rings. The van der Waals surface area contributed by atoms with Gasteiger partial charge in [0.05, 0.1) is 10.6 Å². The number of hydrogen-bond donors (Lipinski definition) is 1. The number of ether oxygens (including phenoxy) is 1. The molecule has 1 aromatic rings. The van der Waals surface area contributed by atoms with Crippen LogP contribution in [-0.2, 0) is 4.74 Å². The van der Waals surface area contributed by atoms with Gasteiger partial charge in [0, 0.05) is 18.6 Å². The lowest BCUT2D eigenvalue weighted by Gasteiger charge is -2.27. The van der Waals surface area contributed by atoms with Crippen molar-refractivity contribution in [2.75, 3.05) is 13.2 Å². The Hall–Kier alpha value is -0.450. The van der Waals surface area contributed by atoms with Gasteiger partial charge in [-0.1, -0.05) is 13.0 Å². The summed E-state index contributed by atoms with van der Waals surface area (Å²) in [7, 11) is 0. The Morgan fingerprint density at radius 2 is 2.33 bits per heavy atom. The molecule has 2 rings (SSSR count). The lowest BCUT2D eigenvalue weighted by Crippen LogP contribution is -2.31. The number of hydrogen-bond acceptors (Lipinski definition) is 2. The minimum atomic E-state index is -0.218. The topological polar surface area (TPSA) is 21.3 Å². The molecule has 1 aliphatic heterocycles. The highest BCUT2D eigenvalue weighted by Crippen LogP contribution is 2.34. The van der Waals surface area contributed by atoms with Gasteiger partial charge in [0.2, 0.25) is 0 Å². The van der Waals surface area contributed by atoms with Gasteiger partial charge in [0.25, 0.3) is 0 Å². The van der Waals surface area contributed by atoms with Crippen molar-refractivity contribution in [3.05, 3.63) is 34.1 Å². The van der Waals surface area contributed by atoms with Crippen molar-refractivity contribution < 1.29 is 9.13 Å². The van der Waals surface area contributed by atoms with Crippen LogP contribution in [0.4, 0.5) is 4.39 Å². The minimum absolute atomic E-state index is 0.218. The van der Waals surface area contributed by atoms with Gasteiger partial charge in [-0.2, -0.15) is 0 Å². The lowest BCUT2D eigenvalue weighted by molar-refractivity contribution is 0.0955. The monoisotopic (exact) mass is 315 g/mol. The third-order valence-electron chi connectivity index (χ3n) is 3.59. The quantitative estimate of drug-likeness (QED) is 0.915. The molecule has 0 aliphatic carbocycles. The number of nitrogens with one attached hydrogen (secondary N) is 1. The predicted octanol–water partition coefficient (Wildman–Crippen LogP) is 3.66. The summed E-state index contributed by atoms with van der Waals surface area (Å²) in [5.74, 6) is 0.229. The molecule has 3 unspecified atom stereocenters. The maximum atomic E-state index is 13.3. The Balaban J connectivity index is 2.25. The van der Waals surface area contributed by atoms with E-state index in [1.807, 2.05) is 12.1 Å². The SMILES string of the molecule is CCNC(c1ccc(F)c(Br)c1)C1CCOC1C. The molecule has 0 bridgehead atoms. The van der Waals surface area contributed by atoms with E-state index >= 15 is 0 Å². The van der Waals surface area contributed by atoms with E-state index in [0.29, 0.717) is 10.4 Å². The Morgan fingerprint density at radius 3 is 2.89 bits per heavy atom. The number of benzene rings is 1. The van der Waals surface area contributed by atoms with Crippen LogP contribution in [0.3, 0.4) is 0 Å². The van der Waals surface area contributed by atoms with Gasteiger partial charge in [-0.15, -0.1) is 0 Å². The minimum Gasteiger partial charge on any atom is -0.378 e. The summed E-state index contributed by atoms with van der Waals surface area (Å²) < 4.78 is 19.5. The van der Waals surface area contributed by atoms with E-state index in [0.717, 1.165) is 25.1 Å². The molecule has 1 heterocycles. The lowest BCUT2D eigenvalue weighted by atomic mass is 9.88. The largest absolute Gasteiger partial charge is 0.378 e. The molecule has 2 nitrogen and oxygen atoms in total. The summed E-state index contributed by atoms with van der Waals surface area (Å²) in [4.78, 5) is 0. The Kier molecular flexibility index (Phi) is 4.76. The van der Waals surface area contributed by atoms with Crippen LogP contribution in [0.5, 0.6) is 0 Å². The van der Waals surface area contributed by atoms with Gasteiger partial charge >= 0.3 is 0 Å². The highest BCUT2D eigenvalue weighted by Gasteiger charge is 2.32. The van der Waals surface area contributed by atoms with Crippen LogP contribution < -0.4 is 5.32 Å². The summed E-state index contributed by atoms with van der Waals surface area (Å²) in [5.41, 5.74) is 1.12. The van der Waals surface area contributed by atoms with Crippen LogP contribution in [0.1, 0.15) is 31.9 Å². The van der Waals surface area contributed by atoms with Gasteiger partial charge in [-0.05, 0) is 53.5 Å². The van der Waals surface area contributed by atoms with E-state index < -0.39 is 0 Å². The van der Waals surface area contributed by atoms with E-state index in [2.05, 4.69) is 35.1 Å². The van der Waals surface area contributed by atoms with E-state index in [4.69, 9.17) is 4.74 Å². The Morgan fingerprint density at radius 1 is 1.56 bits per heavy atom. The van der Waals surface area contributed by atoms with Crippen LogP contribution in [0.2, 0.25) is 0 Å². The first-order chi connectivity index (χ1) is 8.63. The van der Waals surface area contributed by atoms with Crippen molar-refractivity contribution >= 4 is 15.9 Å². The van der Waals surface area contributed by atoms with Crippen molar-refractivity contribution in [1.29, 1.82) is 0 Å². The molecule has 100 valence electrons. The Labute approximate surface area is 116 Å². The molecule has 3 atom stereocenters. The molecule has 18 heavy (non-hydrogen) atoms. The highest BCUT2D eigenvalue weighted by molar-refractivity contribution is 9.10. The molecule has 0 saturated carbocycles. The molecule has 0 aromatic heterocycles. The summed E-state index contributed by atoms with van der Waals surface area (Å²) in [6.45, 7) is 5.91. The summed E-state index contributed by atoms with van der Waals surface area (Å²) in [6, 6.07) is 5.47. The average molecular weight is 316 g/mol. The smallest absolute Gasteiger partial charge is 0.137 e. The number of halogens is 2. The molecule has 1 aromatic carbocycles. The van der Waals surface area contributed by atoms with Gasteiger partial charge < -0.3 is 10.1 Å². The highest BCUT2D eigenvalue weighted by atomic mass is 79.9. The Bertz CT molecular complexity index is 413. The van der Waals surface area contributed by atoms with Crippen LogP contribution in [0, 0.1) is 11.7 Å². The molecule has 4 heteroatoms. The van der Waals surface area contributed by atoms with Crippen molar-refractivity contribution in [2.45, 2.75) is 32.4 Å². The van der Waals surface area contributed by atoms with Gasteiger partial charge in [0.1, 0.15) is 5.82 Å². The van der Waals surface area contributed by atoms with Crippen LogP contribution >= 0.6 is 15.9 Å². The van der Waals surface area contributed by atoms with E-state index in [1.165, 1.54) is 6.07 Å². The molecule has 1 fully saturated rings. The van der Waals surface area contributed by atoms with Crippen molar-refractivity contribution in [2.24, 2.45) is 5.92 Å². The second-order valence-corrected chi connectivity index (χ2v) is 5.59. The molecule has 1 saturated heterocycles. The summed E-state index contributed by atoms with van der Waals surface area (Å²) in [5, 5.41) is 3.49. The second kappa shape index (κ2) is 6.13. The normalized spacial score (nSPS) is 25.3. The predicted molar refractivity (Wildman–Crippen MR) is 74.0 cm³/mol. The van der Waals surface area contributed by atoms with Gasteiger partial charge in [-0.3, -0.25) is 0 Å². The fraction of sp³-hybridized carbons (Fsp3) is 0.571. The second-order valence-electron chi connectivity index (χ2n) is 4.74. The molecule has 0 amide bonds. The van der Waals surface area contributed by atoms with Crippen LogP contribution in [0.15, 0.2) is 22.7 Å². The first-order valence-electron chi connectivity index (χ1n) is 6.43. The first kappa shape index (κ1) is 14.0. The van der Waals surface area contributed by atoms with Crippen LogP contribution in [-0.4, -0.2) is 19.3 Å². The maximum Gasteiger partial charge on any atom is 0.137 e.